The second-order valence-electron chi connectivity index (χ2n) is 4.74. The average Bonchev–Trinajstić information content (AvgIpc) is 2.53. The first-order valence-corrected chi connectivity index (χ1v) is 10.1. The Hall–Kier alpha value is -1.71. The normalized spacial score (nSPS) is 11.4. The molecular formula is C16H18NO5PS. The molecule has 2 aromatic rings. The molecule has 0 radical (unpaired) electrons. The van der Waals surface area contributed by atoms with Gasteiger partial charge in [0.2, 0.25) is 0 Å². The van der Waals surface area contributed by atoms with Crippen LogP contribution in [0.3, 0.4) is 0 Å². The van der Waals surface area contributed by atoms with Crippen molar-refractivity contribution in [2.24, 2.45) is 0 Å². The van der Waals surface area contributed by atoms with E-state index in [4.69, 9.17) is 35.1 Å². The van der Waals surface area contributed by atoms with E-state index in [1.807, 2.05) is 13.0 Å². The van der Waals surface area contributed by atoms with Crippen LogP contribution in [0, 0.1) is 11.3 Å². The second kappa shape index (κ2) is 7.91. The van der Waals surface area contributed by atoms with Crippen molar-refractivity contribution in [1.82, 2.24) is 0 Å². The Kier molecular flexibility index (Phi) is 6.14. The Morgan fingerprint density at radius 1 is 1.25 bits per heavy atom. The topological polar surface area (TPSA) is 81.7 Å². The molecule has 2 rings (SSSR count). The molecule has 0 aliphatic carbocycles. The van der Waals surface area contributed by atoms with Gasteiger partial charge in [0.25, 0.3) is 0 Å². The summed E-state index contributed by atoms with van der Waals surface area (Å²) in [5.41, 5.74) is 0.368. The third-order valence-electron chi connectivity index (χ3n) is 3.24. The molecule has 6 nitrogen and oxygen atoms in total. The minimum atomic E-state index is -2.90. The largest absolute Gasteiger partial charge is 0.424 e. The Labute approximate surface area is 145 Å². The van der Waals surface area contributed by atoms with E-state index >= 15 is 0 Å². The molecule has 0 bridgehead atoms. The van der Waals surface area contributed by atoms with Crippen LogP contribution in [0.5, 0.6) is 5.75 Å². The number of rotatable bonds is 7. The summed E-state index contributed by atoms with van der Waals surface area (Å²) < 4.78 is 21.8. The molecular weight excluding hydrogens is 349 g/mol. The van der Waals surface area contributed by atoms with Gasteiger partial charge in [-0.2, -0.15) is 5.26 Å². The number of benzene rings is 1. The van der Waals surface area contributed by atoms with Crippen molar-refractivity contribution >= 4 is 29.5 Å². The molecule has 0 amide bonds. The third kappa shape index (κ3) is 3.85. The molecule has 1 aromatic carbocycles. The van der Waals surface area contributed by atoms with Crippen LogP contribution >= 0.6 is 6.72 Å². The maximum Gasteiger partial charge on any atom is 0.380 e. The molecule has 0 saturated heterocycles. The molecule has 0 N–H and O–H groups in total. The molecule has 0 atom stereocenters. The van der Waals surface area contributed by atoms with Crippen LogP contribution < -0.4 is 10.1 Å². The summed E-state index contributed by atoms with van der Waals surface area (Å²) in [6.07, 6.45) is 0.543. The molecule has 1 aromatic heterocycles. The lowest BCUT2D eigenvalue weighted by molar-refractivity contribution is 0.218. The zero-order valence-electron chi connectivity index (χ0n) is 13.7. The number of aryl methyl sites for hydroxylation is 1. The van der Waals surface area contributed by atoms with Crippen LogP contribution in [0.15, 0.2) is 27.4 Å². The van der Waals surface area contributed by atoms with Crippen LogP contribution in [0.2, 0.25) is 0 Å². The van der Waals surface area contributed by atoms with Gasteiger partial charge in [0.1, 0.15) is 23.0 Å². The van der Waals surface area contributed by atoms with Crippen molar-refractivity contribution in [3.05, 3.63) is 39.7 Å². The van der Waals surface area contributed by atoms with E-state index in [1.54, 1.807) is 32.0 Å². The second-order valence-corrected chi connectivity index (χ2v) is 7.68. The highest BCUT2D eigenvalue weighted by molar-refractivity contribution is 8.07. The van der Waals surface area contributed by atoms with Crippen LogP contribution in [0.1, 0.15) is 31.9 Å². The summed E-state index contributed by atoms with van der Waals surface area (Å²) in [7, 11) is 0. The fraction of sp³-hybridized carbons (Fsp3) is 0.375. The first kappa shape index (κ1) is 18.6. The predicted molar refractivity (Wildman–Crippen MR) is 94.7 cm³/mol. The number of hydrogen-bond acceptors (Lipinski definition) is 7. The molecule has 8 heteroatoms. The van der Waals surface area contributed by atoms with Crippen molar-refractivity contribution in [3.8, 4) is 11.8 Å². The molecule has 24 heavy (non-hydrogen) atoms. The summed E-state index contributed by atoms with van der Waals surface area (Å²) in [6.45, 7) is 3.32. The highest BCUT2D eigenvalue weighted by atomic mass is 32.5. The van der Waals surface area contributed by atoms with Crippen LogP contribution in [-0.2, 0) is 27.3 Å². The quantitative estimate of drug-likeness (QED) is 0.542. The van der Waals surface area contributed by atoms with Crippen LogP contribution in [0.4, 0.5) is 0 Å². The molecule has 0 spiro atoms. The molecule has 0 unspecified atom stereocenters. The molecule has 0 saturated carbocycles. The summed E-state index contributed by atoms with van der Waals surface area (Å²) in [4.78, 5) is 12.0. The van der Waals surface area contributed by atoms with Gasteiger partial charge >= 0.3 is 12.3 Å². The summed E-state index contributed by atoms with van der Waals surface area (Å²) >= 11 is 5.33. The van der Waals surface area contributed by atoms with Crippen LogP contribution in [0.25, 0.3) is 11.0 Å². The maximum absolute atomic E-state index is 12.0. The maximum atomic E-state index is 12.0. The van der Waals surface area contributed by atoms with Gasteiger partial charge in [0.05, 0.1) is 13.2 Å². The summed E-state index contributed by atoms with van der Waals surface area (Å²) in [6, 6.07) is 6.91. The predicted octanol–water partition coefficient (Wildman–Crippen LogP) is 3.90. The molecule has 0 fully saturated rings. The molecule has 0 aliphatic heterocycles. The van der Waals surface area contributed by atoms with Gasteiger partial charge < -0.3 is 8.94 Å². The van der Waals surface area contributed by atoms with Gasteiger partial charge in [-0.05, 0) is 38.0 Å². The minimum absolute atomic E-state index is 0.0346. The highest BCUT2D eigenvalue weighted by Crippen LogP contribution is 2.50. The van der Waals surface area contributed by atoms with E-state index in [0.717, 1.165) is 0 Å². The highest BCUT2D eigenvalue weighted by Gasteiger charge is 2.22. The smallest absolute Gasteiger partial charge is 0.380 e. The Morgan fingerprint density at radius 2 is 1.92 bits per heavy atom. The SMILES string of the molecule is CCOP(=S)(OCC)Oc1ccc2c(CC)c(C#N)c(=O)oc2c1. The van der Waals surface area contributed by atoms with Gasteiger partial charge in [0, 0.05) is 23.3 Å². The minimum Gasteiger partial charge on any atom is -0.424 e. The van der Waals surface area contributed by atoms with Gasteiger partial charge in [-0.25, -0.2) is 4.79 Å². The lowest BCUT2D eigenvalue weighted by Gasteiger charge is -2.21. The Morgan fingerprint density at radius 3 is 2.46 bits per heavy atom. The summed E-state index contributed by atoms with van der Waals surface area (Å²) in [5, 5.41) is 9.83. The van der Waals surface area contributed by atoms with Crippen molar-refractivity contribution in [2.75, 3.05) is 13.2 Å². The van der Waals surface area contributed by atoms with Crippen molar-refractivity contribution in [2.45, 2.75) is 27.2 Å². The number of fused-ring (bicyclic) bond motifs is 1. The van der Waals surface area contributed by atoms with E-state index in [2.05, 4.69) is 0 Å². The zero-order valence-corrected chi connectivity index (χ0v) is 15.4. The van der Waals surface area contributed by atoms with Gasteiger partial charge in [0.15, 0.2) is 0 Å². The Bertz CT molecular complexity index is 876. The number of hydrogen-bond donors (Lipinski definition) is 0. The van der Waals surface area contributed by atoms with Crippen molar-refractivity contribution in [3.63, 3.8) is 0 Å². The molecule has 1 heterocycles. The lowest BCUT2D eigenvalue weighted by atomic mass is 10.0. The van der Waals surface area contributed by atoms with Gasteiger partial charge in [-0.15, -0.1) is 0 Å². The van der Waals surface area contributed by atoms with E-state index in [-0.39, 0.29) is 5.56 Å². The average molecular weight is 367 g/mol. The van der Waals surface area contributed by atoms with Gasteiger partial charge in [-0.1, -0.05) is 6.92 Å². The lowest BCUT2D eigenvalue weighted by Crippen LogP contribution is -2.08. The third-order valence-corrected chi connectivity index (χ3v) is 5.68. The Balaban J connectivity index is 2.51. The number of nitriles is 1. The van der Waals surface area contributed by atoms with E-state index in [0.29, 0.717) is 41.9 Å². The monoisotopic (exact) mass is 367 g/mol. The first-order chi connectivity index (χ1) is 11.5. The van der Waals surface area contributed by atoms with Gasteiger partial charge in [-0.3, -0.25) is 9.05 Å². The number of nitrogens with zero attached hydrogens (tertiary/aromatic N) is 1. The van der Waals surface area contributed by atoms with Crippen molar-refractivity contribution < 1.29 is 18.0 Å². The molecule has 0 aliphatic rings. The first-order valence-electron chi connectivity index (χ1n) is 7.56. The van der Waals surface area contributed by atoms with E-state index in [9.17, 15) is 4.79 Å². The molecule has 128 valence electrons. The zero-order chi connectivity index (χ0) is 17.7. The van der Waals surface area contributed by atoms with Crippen LogP contribution in [-0.4, -0.2) is 13.2 Å². The fourth-order valence-electron chi connectivity index (χ4n) is 2.32. The van der Waals surface area contributed by atoms with Crippen molar-refractivity contribution in [1.29, 1.82) is 5.26 Å². The fourth-order valence-corrected chi connectivity index (χ4v) is 4.39. The van der Waals surface area contributed by atoms with E-state index < -0.39 is 12.3 Å². The summed E-state index contributed by atoms with van der Waals surface area (Å²) in [5.74, 6) is 0.391. The standard InChI is InChI=1S/C16H18NO5PS/c1-4-12-13-8-7-11(22-23(24,19-5-2)20-6-3)9-15(13)21-16(18)14(12)10-17/h7-9H,4-6H2,1-3H3. The van der Waals surface area contributed by atoms with E-state index in [1.165, 1.54) is 0 Å².